The van der Waals surface area contributed by atoms with Gasteiger partial charge < -0.3 is 0 Å². The second kappa shape index (κ2) is 4.27. The van der Waals surface area contributed by atoms with Gasteiger partial charge in [0.25, 0.3) is 0 Å². The summed E-state index contributed by atoms with van der Waals surface area (Å²) in [7, 11) is -3.08. The zero-order valence-electron chi connectivity index (χ0n) is 8.93. The lowest BCUT2D eigenvalue weighted by atomic mass is 10.4. The van der Waals surface area contributed by atoms with Gasteiger partial charge in [0.1, 0.15) is 4.21 Å². The Labute approximate surface area is 103 Å². The second-order valence-corrected chi connectivity index (χ2v) is 7.92. The third kappa shape index (κ3) is 2.18. The normalized spacial score (nSPS) is 11.9. The predicted octanol–water partition coefficient (Wildman–Crippen LogP) is 2.97. The molecule has 0 aliphatic rings. The molecular weight excluding hydrogens is 262 g/mol. The first-order chi connectivity index (χ1) is 7.53. The van der Waals surface area contributed by atoms with Gasteiger partial charge in [-0.1, -0.05) is 6.92 Å². The highest BCUT2D eigenvalue weighted by Crippen LogP contribution is 2.31. The maximum absolute atomic E-state index is 11.6. The van der Waals surface area contributed by atoms with E-state index in [0.29, 0.717) is 4.21 Å². The number of sulfone groups is 1. The molecule has 0 radical (unpaired) electrons. The molecule has 0 N–H and O–H groups in total. The average Bonchev–Trinajstić information content (AvgIpc) is 2.85. The van der Waals surface area contributed by atoms with E-state index in [2.05, 4.69) is 4.98 Å². The zero-order valence-corrected chi connectivity index (χ0v) is 11.4. The van der Waals surface area contributed by atoms with Crippen molar-refractivity contribution in [1.82, 2.24) is 4.98 Å². The summed E-state index contributed by atoms with van der Waals surface area (Å²) < 4.78 is 23.7. The summed E-state index contributed by atoms with van der Waals surface area (Å²) in [5.74, 6) is 0.142. The number of hydrogen-bond acceptors (Lipinski definition) is 5. The lowest BCUT2D eigenvalue weighted by Crippen LogP contribution is -2.00. The summed E-state index contributed by atoms with van der Waals surface area (Å²) in [6.45, 7) is 3.59. The van der Waals surface area contributed by atoms with Crippen molar-refractivity contribution in [2.45, 2.75) is 18.1 Å². The van der Waals surface area contributed by atoms with Gasteiger partial charge in [-0.05, 0) is 19.1 Å². The monoisotopic (exact) mass is 273 g/mol. The Morgan fingerprint density at radius 1 is 1.38 bits per heavy atom. The van der Waals surface area contributed by atoms with Gasteiger partial charge in [-0.25, -0.2) is 13.4 Å². The van der Waals surface area contributed by atoms with Crippen molar-refractivity contribution in [3.63, 3.8) is 0 Å². The predicted molar refractivity (Wildman–Crippen MR) is 67.9 cm³/mol. The van der Waals surface area contributed by atoms with Crippen molar-refractivity contribution in [2.75, 3.05) is 5.75 Å². The Morgan fingerprint density at radius 3 is 2.69 bits per heavy atom. The lowest BCUT2D eigenvalue weighted by Gasteiger charge is -1.94. The minimum absolute atomic E-state index is 0.142. The fourth-order valence-corrected chi connectivity index (χ4v) is 4.32. The molecule has 16 heavy (non-hydrogen) atoms. The standard InChI is InChI=1S/C10H11NO2S3/c1-3-16(12,13)10-5-4-9(15-10)8-6-14-7(2)11-8/h4-6H,3H2,1-2H3. The number of nitrogens with zero attached hydrogens (tertiary/aromatic N) is 1. The SMILES string of the molecule is CCS(=O)(=O)c1ccc(-c2csc(C)n2)s1. The van der Waals surface area contributed by atoms with Crippen molar-refractivity contribution in [3.8, 4) is 10.6 Å². The van der Waals surface area contributed by atoms with Gasteiger partial charge in [-0.2, -0.15) is 0 Å². The van der Waals surface area contributed by atoms with Crippen LogP contribution in [-0.2, 0) is 9.84 Å². The van der Waals surface area contributed by atoms with E-state index in [1.807, 2.05) is 18.4 Å². The molecule has 2 rings (SSSR count). The number of aryl methyl sites for hydroxylation is 1. The third-order valence-corrected chi connectivity index (χ3v) is 6.34. The number of hydrogen-bond donors (Lipinski definition) is 0. The Hall–Kier alpha value is -0.720. The Morgan fingerprint density at radius 2 is 2.12 bits per heavy atom. The number of aromatic nitrogens is 1. The van der Waals surface area contributed by atoms with E-state index in [9.17, 15) is 8.42 Å². The highest BCUT2D eigenvalue weighted by atomic mass is 32.2. The van der Waals surface area contributed by atoms with Crippen LogP contribution in [0, 0.1) is 6.92 Å². The fraction of sp³-hybridized carbons (Fsp3) is 0.300. The van der Waals surface area contributed by atoms with E-state index in [1.54, 1.807) is 24.3 Å². The molecule has 6 heteroatoms. The fourth-order valence-electron chi connectivity index (χ4n) is 1.24. The molecule has 0 aliphatic carbocycles. The van der Waals surface area contributed by atoms with Gasteiger partial charge >= 0.3 is 0 Å². The molecule has 0 unspecified atom stereocenters. The molecule has 86 valence electrons. The van der Waals surface area contributed by atoms with E-state index in [4.69, 9.17) is 0 Å². The molecule has 3 nitrogen and oxygen atoms in total. The van der Waals surface area contributed by atoms with Crippen LogP contribution < -0.4 is 0 Å². The Kier molecular flexibility index (Phi) is 3.14. The van der Waals surface area contributed by atoms with Crippen LogP contribution in [-0.4, -0.2) is 19.2 Å². The first-order valence-electron chi connectivity index (χ1n) is 4.78. The van der Waals surface area contributed by atoms with E-state index in [-0.39, 0.29) is 5.75 Å². The van der Waals surface area contributed by atoms with Gasteiger partial charge in [0, 0.05) is 5.38 Å². The van der Waals surface area contributed by atoms with Gasteiger partial charge in [0.2, 0.25) is 0 Å². The van der Waals surface area contributed by atoms with Crippen molar-refractivity contribution >= 4 is 32.5 Å². The first-order valence-corrected chi connectivity index (χ1v) is 8.13. The Bertz CT molecular complexity index is 595. The van der Waals surface area contributed by atoms with Gasteiger partial charge in [0.15, 0.2) is 9.84 Å². The minimum Gasteiger partial charge on any atom is -0.241 e. The maximum Gasteiger partial charge on any atom is 0.187 e. The van der Waals surface area contributed by atoms with E-state index < -0.39 is 9.84 Å². The van der Waals surface area contributed by atoms with Crippen LogP contribution in [0.25, 0.3) is 10.6 Å². The molecule has 0 spiro atoms. The van der Waals surface area contributed by atoms with Gasteiger partial charge in [0.05, 0.1) is 21.3 Å². The summed E-state index contributed by atoms with van der Waals surface area (Å²) in [5, 5.41) is 2.94. The molecular formula is C10H11NO2S3. The molecule has 0 aliphatic heterocycles. The van der Waals surface area contributed by atoms with Crippen molar-refractivity contribution in [1.29, 1.82) is 0 Å². The molecule has 0 fully saturated rings. The van der Waals surface area contributed by atoms with Crippen LogP contribution in [0.1, 0.15) is 11.9 Å². The highest BCUT2D eigenvalue weighted by molar-refractivity contribution is 7.93. The summed E-state index contributed by atoms with van der Waals surface area (Å²) in [4.78, 5) is 5.25. The van der Waals surface area contributed by atoms with Crippen LogP contribution in [0.5, 0.6) is 0 Å². The third-order valence-electron chi connectivity index (χ3n) is 2.14. The molecule has 2 aromatic rings. The van der Waals surface area contributed by atoms with E-state index >= 15 is 0 Å². The molecule has 0 atom stereocenters. The molecule has 0 amide bonds. The highest BCUT2D eigenvalue weighted by Gasteiger charge is 2.15. The van der Waals surface area contributed by atoms with Crippen molar-refractivity contribution in [3.05, 3.63) is 22.5 Å². The van der Waals surface area contributed by atoms with Crippen LogP contribution in [0.3, 0.4) is 0 Å². The zero-order chi connectivity index (χ0) is 11.8. The summed E-state index contributed by atoms with van der Waals surface area (Å²) in [6, 6.07) is 3.48. The topological polar surface area (TPSA) is 47.0 Å². The first kappa shape index (κ1) is 11.8. The summed E-state index contributed by atoms with van der Waals surface area (Å²) in [6.07, 6.45) is 0. The van der Waals surface area contributed by atoms with Crippen LogP contribution in [0.15, 0.2) is 21.7 Å². The van der Waals surface area contributed by atoms with Gasteiger partial charge in [-0.3, -0.25) is 0 Å². The lowest BCUT2D eigenvalue weighted by molar-refractivity contribution is 0.599. The van der Waals surface area contributed by atoms with Gasteiger partial charge in [-0.15, -0.1) is 22.7 Å². The van der Waals surface area contributed by atoms with Crippen molar-refractivity contribution in [2.24, 2.45) is 0 Å². The molecule has 0 saturated heterocycles. The van der Waals surface area contributed by atoms with Crippen LogP contribution in [0.2, 0.25) is 0 Å². The largest absolute Gasteiger partial charge is 0.241 e. The quantitative estimate of drug-likeness (QED) is 0.863. The molecule has 0 saturated carbocycles. The molecule has 0 aromatic carbocycles. The summed E-state index contributed by atoms with van der Waals surface area (Å²) >= 11 is 2.85. The number of thiophene rings is 1. The smallest absolute Gasteiger partial charge is 0.187 e. The van der Waals surface area contributed by atoms with Crippen molar-refractivity contribution < 1.29 is 8.42 Å². The Balaban J connectivity index is 2.41. The maximum atomic E-state index is 11.6. The van der Waals surface area contributed by atoms with Crippen LogP contribution in [0.4, 0.5) is 0 Å². The molecule has 2 heterocycles. The van der Waals surface area contributed by atoms with E-state index in [1.165, 1.54) is 11.3 Å². The van der Waals surface area contributed by atoms with Crippen LogP contribution >= 0.6 is 22.7 Å². The summed E-state index contributed by atoms with van der Waals surface area (Å²) in [5.41, 5.74) is 0.866. The second-order valence-electron chi connectivity index (χ2n) is 3.27. The average molecular weight is 273 g/mol. The number of rotatable bonds is 3. The molecule has 2 aromatic heterocycles. The molecule has 0 bridgehead atoms. The van der Waals surface area contributed by atoms with E-state index in [0.717, 1.165) is 15.6 Å². The number of thiazole rings is 1. The minimum atomic E-state index is -3.08.